The predicted octanol–water partition coefficient (Wildman–Crippen LogP) is -2.38. The number of ether oxygens (including phenoxy) is 2. The van der Waals surface area contributed by atoms with Gasteiger partial charge in [-0.2, -0.15) is 0 Å². The number of rotatable bonds is 6. The molecule has 5 N–H and O–H groups in total. The molecule has 0 bridgehead atoms. The quantitative estimate of drug-likeness (QED) is 0.346. The van der Waals surface area contributed by atoms with Crippen LogP contribution in [0.5, 0.6) is 5.75 Å². The van der Waals surface area contributed by atoms with Crippen LogP contribution in [0.4, 0.5) is 0 Å². The van der Waals surface area contributed by atoms with Gasteiger partial charge in [-0.05, 0) is 24.3 Å². The summed E-state index contributed by atoms with van der Waals surface area (Å²) in [6, 6.07) is 5.74. The van der Waals surface area contributed by atoms with E-state index in [0.29, 0.717) is 37.6 Å². The predicted molar refractivity (Wildman–Crippen MR) is 100 cm³/mol. The average Bonchev–Trinajstić information content (AvgIpc) is 2.76. The van der Waals surface area contributed by atoms with Gasteiger partial charge >= 0.3 is 0 Å². The van der Waals surface area contributed by atoms with Crippen LogP contribution in [-0.4, -0.2) is 118 Å². The van der Waals surface area contributed by atoms with Crippen LogP contribution < -0.4 is 4.74 Å². The number of piperidine rings is 1. The zero-order valence-electron chi connectivity index (χ0n) is 16.0. The average molecular weight is 412 g/mol. The number of aliphatic hydroxyl groups excluding tert-OH is 5. The minimum atomic E-state index is -1.56. The Kier molecular flexibility index (Phi) is 7.41. The Morgan fingerprint density at radius 3 is 2.31 bits per heavy atom. The van der Waals surface area contributed by atoms with E-state index in [-0.39, 0.29) is 19.1 Å². The fraction of sp³-hybridized carbons (Fsp3) is 0.632. The van der Waals surface area contributed by atoms with E-state index in [4.69, 9.17) is 9.47 Å². The Bertz CT molecular complexity index is 667. The van der Waals surface area contributed by atoms with Gasteiger partial charge in [-0.25, -0.2) is 0 Å². The topological polar surface area (TPSA) is 143 Å². The molecule has 10 nitrogen and oxygen atoms in total. The maximum Gasteiger partial charge on any atom is 0.254 e. The molecule has 0 spiro atoms. The highest BCUT2D eigenvalue weighted by molar-refractivity contribution is 5.94. The summed E-state index contributed by atoms with van der Waals surface area (Å²) >= 11 is 0. The van der Waals surface area contributed by atoms with Gasteiger partial charge in [0.25, 0.3) is 5.91 Å². The summed E-state index contributed by atoms with van der Waals surface area (Å²) in [4.78, 5) is 15.5. The lowest BCUT2D eigenvalue weighted by molar-refractivity contribution is -0.223. The number of likely N-dealkylation sites (tertiary alicyclic amines) is 1. The molecular weight excluding hydrogens is 384 g/mol. The normalized spacial score (nSPS) is 30.9. The molecular formula is C19H28N2O8. The molecule has 1 unspecified atom stereocenters. The smallest absolute Gasteiger partial charge is 0.254 e. The fourth-order valence-electron chi connectivity index (χ4n) is 3.62. The first-order valence-electron chi connectivity index (χ1n) is 9.62. The minimum absolute atomic E-state index is 0.0661. The van der Waals surface area contributed by atoms with Crippen LogP contribution in [0, 0.1) is 0 Å². The van der Waals surface area contributed by atoms with E-state index in [1.54, 1.807) is 29.2 Å². The molecule has 2 aliphatic rings. The van der Waals surface area contributed by atoms with Gasteiger partial charge in [0.15, 0.2) is 0 Å². The van der Waals surface area contributed by atoms with E-state index < -0.39 is 37.2 Å². The van der Waals surface area contributed by atoms with Crippen molar-refractivity contribution in [1.82, 2.24) is 9.80 Å². The number of carbonyl (C=O) groups excluding carboxylic acids is 1. The van der Waals surface area contributed by atoms with Gasteiger partial charge in [-0.1, -0.05) is 0 Å². The van der Waals surface area contributed by atoms with Crippen LogP contribution in [0.15, 0.2) is 24.3 Å². The molecule has 1 amide bonds. The van der Waals surface area contributed by atoms with Crippen LogP contribution in [-0.2, 0) is 4.74 Å². The van der Waals surface area contributed by atoms with E-state index in [1.165, 1.54) is 4.90 Å². The summed E-state index contributed by atoms with van der Waals surface area (Å²) in [6.07, 6.45) is -5.94. The number of benzene rings is 1. The summed E-state index contributed by atoms with van der Waals surface area (Å²) in [5, 5.41) is 49.2. The maximum absolute atomic E-state index is 12.4. The van der Waals surface area contributed by atoms with Crippen molar-refractivity contribution in [2.45, 2.75) is 30.6 Å². The third-order valence-electron chi connectivity index (χ3n) is 5.37. The highest BCUT2D eigenvalue weighted by atomic mass is 16.5. The third-order valence-corrected chi connectivity index (χ3v) is 5.37. The SMILES string of the molecule is O=C(c1ccc(OCCN2C(O)[C@H](O)[C@@H](O)[C@H](O)[C@H]2CO)cc1)N1CCOCC1. The van der Waals surface area contributed by atoms with Crippen molar-refractivity contribution in [1.29, 1.82) is 0 Å². The van der Waals surface area contributed by atoms with Crippen molar-refractivity contribution >= 4 is 5.91 Å². The van der Waals surface area contributed by atoms with Gasteiger partial charge in [0.2, 0.25) is 0 Å². The van der Waals surface area contributed by atoms with Gasteiger partial charge in [0.1, 0.15) is 36.9 Å². The van der Waals surface area contributed by atoms with Gasteiger partial charge < -0.3 is 39.9 Å². The van der Waals surface area contributed by atoms with Crippen molar-refractivity contribution in [2.24, 2.45) is 0 Å². The molecule has 1 aromatic carbocycles. The molecule has 2 fully saturated rings. The van der Waals surface area contributed by atoms with Crippen molar-refractivity contribution < 1.29 is 39.8 Å². The van der Waals surface area contributed by atoms with Crippen molar-refractivity contribution in [2.75, 3.05) is 46.1 Å². The second-order valence-electron chi connectivity index (χ2n) is 7.15. The number of carbonyl (C=O) groups is 1. The van der Waals surface area contributed by atoms with Crippen LogP contribution >= 0.6 is 0 Å². The lowest BCUT2D eigenvalue weighted by Crippen LogP contribution is -2.67. The fourth-order valence-corrected chi connectivity index (χ4v) is 3.62. The first kappa shape index (κ1) is 21.9. The molecule has 2 aliphatic heterocycles. The second kappa shape index (κ2) is 9.81. The standard InChI is InChI=1S/C19H28N2O8/c22-11-14-15(23)16(24)17(25)19(27)21(14)7-10-29-13-3-1-12(2-4-13)18(26)20-5-8-28-9-6-20/h1-4,14-17,19,22-25,27H,5-11H2/t14-,15-,16+,17-,19?/m1/s1. The number of amides is 1. The molecule has 1 aromatic rings. The van der Waals surface area contributed by atoms with Gasteiger partial charge in [-0.15, -0.1) is 0 Å². The minimum Gasteiger partial charge on any atom is -0.492 e. The molecule has 3 rings (SSSR count). The number of hydrogen-bond donors (Lipinski definition) is 5. The lowest BCUT2D eigenvalue weighted by Gasteiger charge is -2.46. The molecule has 0 aliphatic carbocycles. The van der Waals surface area contributed by atoms with E-state index in [0.717, 1.165) is 0 Å². The van der Waals surface area contributed by atoms with Crippen LogP contribution in [0.2, 0.25) is 0 Å². The van der Waals surface area contributed by atoms with E-state index in [1.807, 2.05) is 0 Å². The molecule has 5 atom stereocenters. The zero-order chi connectivity index (χ0) is 21.0. The van der Waals surface area contributed by atoms with E-state index in [9.17, 15) is 30.3 Å². The molecule has 10 heteroatoms. The van der Waals surface area contributed by atoms with Crippen molar-refractivity contribution in [3.8, 4) is 5.75 Å². The van der Waals surface area contributed by atoms with Gasteiger partial charge in [0.05, 0.1) is 25.9 Å². The molecule has 162 valence electrons. The maximum atomic E-state index is 12.4. The second-order valence-corrected chi connectivity index (χ2v) is 7.15. The monoisotopic (exact) mass is 412 g/mol. The Hall–Kier alpha value is -1.79. The summed E-state index contributed by atoms with van der Waals surface area (Å²) in [6.45, 7) is 1.89. The lowest BCUT2D eigenvalue weighted by atomic mass is 9.93. The number of aliphatic hydroxyl groups is 5. The largest absolute Gasteiger partial charge is 0.492 e. The highest BCUT2D eigenvalue weighted by Crippen LogP contribution is 2.23. The summed E-state index contributed by atoms with van der Waals surface area (Å²) in [5.41, 5.74) is 0.547. The van der Waals surface area contributed by atoms with E-state index in [2.05, 4.69) is 0 Å². The van der Waals surface area contributed by atoms with Crippen LogP contribution in [0.3, 0.4) is 0 Å². The molecule has 29 heavy (non-hydrogen) atoms. The Balaban J connectivity index is 1.54. The Morgan fingerprint density at radius 1 is 1.03 bits per heavy atom. The zero-order valence-corrected chi connectivity index (χ0v) is 16.0. The van der Waals surface area contributed by atoms with E-state index >= 15 is 0 Å². The van der Waals surface area contributed by atoms with Crippen molar-refractivity contribution in [3.05, 3.63) is 29.8 Å². The molecule has 2 heterocycles. The van der Waals surface area contributed by atoms with Crippen molar-refractivity contribution in [3.63, 3.8) is 0 Å². The van der Waals surface area contributed by atoms with Gasteiger partial charge in [0, 0.05) is 25.2 Å². The molecule has 0 saturated carbocycles. The molecule has 0 aromatic heterocycles. The summed E-state index contributed by atoms with van der Waals surface area (Å²) in [5.74, 6) is 0.445. The first-order chi connectivity index (χ1) is 13.9. The molecule has 2 saturated heterocycles. The Labute approximate surface area is 168 Å². The van der Waals surface area contributed by atoms with Crippen LogP contribution in [0.1, 0.15) is 10.4 Å². The summed E-state index contributed by atoms with van der Waals surface area (Å²) in [7, 11) is 0. The van der Waals surface area contributed by atoms with Gasteiger partial charge in [-0.3, -0.25) is 9.69 Å². The number of morpholine rings is 1. The van der Waals surface area contributed by atoms with Crippen LogP contribution in [0.25, 0.3) is 0 Å². The Morgan fingerprint density at radius 2 is 1.69 bits per heavy atom. The molecule has 0 radical (unpaired) electrons. The number of hydrogen-bond acceptors (Lipinski definition) is 9. The third kappa shape index (κ3) is 4.86. The highest BCUT2D eigenvalue weighted by Gasteiger charge is 2.46. The summed E-state index contributed by atoms with van der Waals surface area (Å²) < 4.78 is 10.9. The number of nitrogens with zero attached hydrogens (tertiary/aromatic N) is 2. The first-order valence-corrected chi connectivity index (χ1v) is 9.62.